The molecule has 0 aliphatic carbocycles. The van der Waals surface area contributed by atoms with Crippen LogP contribution in [0.25, 0.3) is 10.9 Å². The summed E-state index contributed by atoms with van der Waals surface area (Å²) >= 11 is 2.31. The third-order valence-corrected chi connectivity index (χ3v) is 2.63. The number of rotatable bonds is 0. The van der Waals surface area contributed by atoms with E-state index in [9.17, 15) is 0 Å². The summed E-state index contributed by atoms with van der Waals surface area (Å²) in [7, 11) is 0. The van der Waals surface area contributed by atoms with Crippen molar-refractivity contribution in [1.29, 1.82) is 0 Å². The highest BCUT2D eigenvalue weighted by atomic mass is 127. The molecule has 0 aromatic carbocycles. The SMILES string of the molecule is Cc1nccc2c(I)c[nH]c12. The van der Waals surface area contributed by atoms with E-state index in [1.54, 1.807) is 0 Å². The van der Waals surface area contributed by atoms with Gasteiger partial charge in [0, 0.05) is 21.4 Å². The van der Waals surface area contributed by atoms with Crippen molar-refractivity contribution >= 4 is 33.5 Å². The Balaban J connectivity index is 2.94. The van der Waals surface area contributed by atoms with Gasteiger partial charge >= 0.3 is 0 Å². The smallest absolute Gasteiger partial charge is 0.0681 e. The van der Waals surface area contributed by atoms with Gasteiger partial charge in [0.15, 0.2) is 0 Å². The van der Waals surface area contributed by atoms with E-state index in [1.165, 1.54) is 8.96 Å². The molecular formula is C8H7IN2. The van der Waals surface area contributed by atoms with Crippen molar-refractivity contribution in [2.45, 2.75) is 6.92 Å². The van der Waals surface area contributed by atoms with Crippen LogP contribution in [0.4, 0.5) is 0 Å². The van der Waals surface area contributed by atoms with Crippen molar-refractivity contribution in [3.63, 3.8) is 0 Å². The summed E-state index contributed by atoms with van der Waals surface area (Å²) < 4.78 is 1.25. The zero-order chi connectivity index (χ0) is 7.84. The first-order valence-corrected chi connectivity index (χ1v) is 4.45. The monoisotopic (exact) mass is 258 g/mol. The van der Waals surface area contributed by atoms with Crippen LogP contribution in [0.5, 0.6) is 0 Å². The van der Waals surface area contributed by atoms with Gasteiger partial charge in [0.25, 0.3) is 0 Å². The van der Waals surface area contributed by atoms with Gasteiger partial charge < -0.3 is 4.98 Å². The Morgan fingerprint density at radius 2 is 2.36 bits per heavy atom. The van der Waals surface area contributed by atoms with Crippen LogP contribution in [-0.2, 0) is 0 Å². The van der Waals surface area contributed by atoms with Crippen LogP contribution >= 0.6 is 22.6 Å². The van der Waals surface area contributed by atoms with Crippen molar-refractivity contribution in [1.82, 2.24) is 9.97 Å². The highest BCUT2D eigenvalue weighted by Gasteiger charge is 2.01. The van der Waals surface area contributed by atoms with E-state index >= 15 is 0 Å². The first kappa shape index (κ1) is 7.09. The molecule has 0 saturated heterocycles. The fourth-order valence-corrected chi connectivity index (χ4v) is 1.77. The third kappa shape index (κ3) is 1.03. The summed E-state index contributed by atoms with van der Waals surface area (Å²) in [5.41, 5.74) is 2.21. The molecule has 0 bridgehead atoms. The Morgan fingerprint density at radius 3 is 3.09 bits per heavy atom. The Labute approximate surface area is 78.2 Å². The average Bonchev–Trinajstić information content (AvgIpc) is 2.35. The first-order valence-electron chi connectivity index (χ1n) is 3.37. The number of fused-ring (bicyclic) bond motifs is 1. The van der Waals surface area contributed by atoms with Gasteiger partial charge in [0.2, 0.25) is 0 Å². The van der Waals surface area contributed by atoms with Crippen molar-refractivity contribution < 1.29 is 0 Å². The third-order valence-electron chi connectivity index (χ3n) is 1.74. The first-order chi connectivity index (χ1) is 5.29. The standard InChI is InChI=1S/C8H7IN2/c1-5-8-6(2-3-10-5)7(9)4-11-8/h2-4,11H,1H3. The number of pyridine rings is 1. The van der Waals surface area contributed by atoms with Crippen molar-refractivity contribution in [3.8, 4) is 0 Å². The molecule has 0 amide bonds. The minimum Gasteiger partial charge on any atom is -0.359 e. The minimum absolute atomic E-state index is 1.06. The largest absolute Gasteiger partial charge is 0.359 e. The van der Waals surface area contributed by atoms with Gasteiger partial charge in [-0.2, -0.15) is 0 Å². The lowest BCUT2D eigenvalue weighted by molar-refractivity contribution is 1.22. The van der Waals surface area contributed by atoms with Gasteiger partial charge in [0.05, 0.1) is 11.2 Å². The molecule has 0 aliphatic heterocycles. The fraction of sp³-hybridized carbons (Fsp3) is 0.125. The molecule has 2 aromatic heterocycles. The molecule has 0 aliphatic rings. The second kappa shape index (κ2) is 2.48. The average molecular weight is 258 g/mol. The Morgan fingerprint density at radius 1 is 1.55 bits per heavy atom. The Kier molecular flexibility index (Phi) is 1.60. The molecule has 2 nitrogen and oxygen atoms in total. The molecule has 0 atom stereocenters. The molecule has 0 unspecified atom stereocenters. The van der Waals surface area contributed by atoms with Crippen LogP contribution in [0.2, 0.25) is 0 Å². The highest BCUT2D eigenvalue weighted by Crippen LogP contribution is 2.20. The molecule has 2 rings (SSSR count). The highest BCUT2D eigenvalue weighted by molar-refractivity contribution is 14.1. The summed E-state index contributed by atoms with van der Waals surface area (Å²) in [4.78, 5) is 7.37. The maximum atomic E-state index is 4.19. The number of hydrogen-bond acceptors (Lipinski definition) is 1. The zero-order valence-electron chi connectivity index (χ0n) is 6.06. The van der Waals surface area contributed by atoms with Gasteiger partial charge in [0.1, 0.15) is 0 Å². The number of nitrogens with zero attached hydrogens (tertiary/aromatic N) is 1. The van der Waals surface area contributed by atoms with E-state index in [1.807, 2.05) is 25.4 Å². The molecule has 11 heavy (non-hydrogen) atoms. The van der Waals surface area contributed by atoms with E-state index in [4.69, 9.17) is 0 Å². The maximum Gasteiger partial charge on any atom is 0.0681 e. The van der Waals surface area contributed by atoms with Crippen molar-refractivity contribution in [2.24, 2.45) is 0 Å². The molecular weight excluding hydrogens is 251 g/mol. The van der Waals surface area contributed by atoms with Crippen molar-refractivity contribution in [2.75, 3.05) is 0 Å². The van der Waals surface area contributed by atoms with Crippen LogP contribution in [0.3, 0.4) is 0 Å². The van der Waals surface area contributed by atoms with Gasteiger partial charge in [-0.3, -0.25) is 4.98 Å². The van der Waals surface area contributed by atoms with Crippen LogP contribution < -0.4 is 0 Å². The lowest BCUT2D eigenvalue weighted by atomic mass is 10.3. The summed E-state index contributed by atoms with van der Waals surface area (Å²) in [5.74, 6) is 0. The van der Waals surface area contributed by atoms with E-state index < -0.39 is 0 Å². The van der Waals surface area contributed by atoms with Crippen LogP contribution in [-0.4, -0.2) is 9.97 Å². The van der Waals surface area contributed by atoms with Gasteiger partial charge in [-0.05, 0) is 35.6 Å². The number of halogens is 1. The molecule has 3 heteroatoms. The van der Waals surface area contributed by atoms with Gasteiger partial charge in [-0.15, -0.1) is 0 Å². The summed E-state index contributed by atoms with van der Waals surface area (Å²) in [5, 5.41) is 1.26. The number of aryl methyl sites for hydroxylation is 1. The number of hydrogen-bond donors (Lipinski definition) is 1. The number of aromatic amines is 1. The van der Waals surface area contributed by atoms with Gasteiger partial charge in [-0.1, -0.05) is 0 Å². The van der Waals surface area contributed by atoms with E-state index in [0.29, 0.717) is 0 Å². The molecule has 0 fully saturated rings. The molecule has 2 heterocycles. The number of H-pyrrole nitrogens is 1. The molecule has 0 saturated carbocycles. The van der Waals surface area contributed by atoms with Crippen molar-refractivity contribution in [3.05, 3.63) is 27.7 Å². The van der Waals surface area contributed by atoms with E-state index in [0.717, 1.165) is 11.2 Å². The topological polar surface area (TPSA) is 28.7 Å². The lowest BCUT2D eigenvalue weighted by Crippen LogP contribution is -1.80. The summed E-state index contributed by atoms with van der Waals surface area (Å²) in [6.45, 7) is 2.01. The normalized spacial score (nSPS) is 10.7. The Hall–Kier alpha value is -0.580. The summed E-state index contributed by atoms with van der Waals surface area (Å²) in [6, 6.07) is 2.03. The minimum atomic E-state index is 1.06. The van der Waals surface area contributed by atoms with E-state index in [2.05, 4.69) is 32.6 Å². The second-order valence-electron chi connectivity index (χ2n) is 2.46. The molecule has 0 radical (unpaired) electrons. The molecule has 56 valence electrons. The quantitative estimate of drug-likeness (QED) is 0.722. The maximum absolute atomic E-state index is 4.19. The van der Waals surface area contributed by atoms with Crippen LogP contribution in [0, 0.1) is 10.5 Å². The number of nitrogens with one attached hydrogen (secondary N) is 1. The number of aromatic nitrogens is 2. The van der Waals surface area contributed by atoms with E-state index in [-0.39, 0.29) is 0 Å². The molecule has 1 N–H and O–H groups in total. The fourth-order valence-electron chi connectivity index (χ4n) is 1.16. The molecule has 0 spiro atoms. The summed E-state index contributed by atoms with van der Waals surface area (Å²) in [6.07, 6.45) is 3.84. The Bertz CT molecular complexity index is 392. The lowest BCUT2D eigenvalue weighted by Gasteiger charge is -1.92. The van der Waals surface area contributed by atoms with Crippen LogP contribution in [0.1, 0.15) is 5.69 Å². The predicted octanol–water partition coefficient (Wildman–Crippen LogP) is 2.48. The second-order valence-corrected chi connectivity index (χ2v) is 3.62. The van der Waals surface area contributed by atoms with Gasteiger partial charge in [-0.25, -0.2) is 0 Å². The predicted molar refractivity (Wildman–Crippen MR) is 53.5 cm³/mol. The van der Waals surface area contributed by atoms with Crippen LogP contribution in [0.15, 0.2) is 18.5 Å². The molecule has 2 aromatic rings. The zero-order valence-corrected chi connectivity index (χ0v) is 8.21.